The molecule has 1 aromatic heterocycles. The third kappa shape index (κ3) is 1.88. The van der Waals surface area contributed by atoms with Crippen molar-refractivity contribution < 1.29 is 17.6 Å². The Morgan fingerprint density at radius 3 is 2.69 bits per heavy atom. The molecule has 0 spiro atoms. The minimum absolute atomic E-state index is 0.0438. The number of hydrogen-bond donors (Lipinski definition) is 1. The molecule has 0 aliphatic heterocycles. The number of nitrogens with zero attached hydrogens (tertiary/aromatic N) is 1. The SMILES string of the molecule is Nc1ccc2oc(=O)n(CC(F)(F)F)c2c1. The zero-order valence-electron chi connectivity index (χ0n) is 7.91. The second-order valence-electron chi connectivity index (χ2n) is 3.30. The molecule has 0 unspecified atom stereocenters. The summed E-state index contributed by atoms with van der Waals surface area (Å²) in [5, 5.41) is 0. The van der Waals surface area contributed by atoms with Gasteiger partial charge in [-0.05, 0) is 18.2 Å². The number of anilines is 1. The van der Waals surface area contributed by atoms with Crippen LogP contribution in [0.1, 0.15) is 0 Å². The van der Waals surface area contributed by atoms with E-state index in [9.17, 15) is 18.0 Å². The maximum absolute atomic E-state index is 12.2. The molecule has 1 aromatic carbocycles. The van der Waals surface area contributed by atoms with E-state index in [0.717, 1.165) is 0 Å². The second kappa shape index (κ2) is 3.29. The van der Waals surface area contributed by atoms with Crippen molar-refractivity contribution in [2.45, 2.75) is 12.7 Å². The van der Waals surface area contributed by atoms with Gasteiger partial charge in [-0.25, -0.2) is 4.79 Å². The molecule has 2 N–H and O–H groups in total. The van der Waals surface area contributed by atoms with Crippen LogP contribution in [0.15, 0.2) is 27.4 Å². The molecule has 4 nitrogen and oxygen atoms in total. The molecule has 2 aromatic rings. The highest BCUT2D eigenvalue weighted by Crippen LogP contribution is 2.21. The molecule has 0 bridgehead atoms. The van der Waals surface area contributed by atoms with E-state index in [-0.39, 0.29) is 16.8 Å². The van der Waals surface area contributed by atoms with Crippen LogP contribution in [0, 0.1) is 0 Å². The Morgan fingerprint density at radius 1 is 1.38 bits per heavy atom. The Kier molecular flexibility index (Phi) is 2.18. The first-order valence-corrected chi connectivity index (χ1v) is 4.32. The van der Waals surface area contributed by atoms with E-state index >= 15 is 0 Å². The topological polar surface area (TPSA) is 61.2 Å². The summed E-state index contributed by atoms with van der Waals surface area (Å²) in [7, 11) is 0. The molecule has 0 aliphatic carbocycles. The first-order valence-electron chi connectivity index (χ1n) is 4.32. The molecule has 7 heteroatoms. The molecule has 0 radical (unpaired) electrons. The molecule has 0 atom stereocenters. The first-order chi connectivity index (χ1) is 7.37. The van der Waals surface area contributed by atoms with Crippen LogP contribution in [0.4, 0.5) is 18.9 Å². The molecular weight excluding hydrogens is 225 g/mol. The van der Waals surface area contributed by atoms with Gasteiger partial charge in [-0.1, -0.05) is 0 Å². The predicted molar refractivity (Wildman–Crippen MR) is 50.9 cm³/mol. The van der Waals surface area contributed by atoms with Crippen molar-refractivity contribution in [3.63, 3.8) is 0 Å². The zero-order chi connectivity index (χ0) is 11.9. The largest absolute Gasteiger partial charge is 0.420 e. The normalized spacial score (nSPS) is 12.2. The summed E-state index contributed by atoms with van der Waals surface area (Å²) in [4.78, 5) is 11.2. The van der Waals surface area contributed by atoms with E-state index < -0.39 is 18.5 Å². The Bertz CT molecular complexity index is 582. The molecule has 0 saturated carbocycles. The fourth-order valence-corrected chi connectivity index (χ4v) is 1.41. The predicted octanol–water partition coefficient (Wildman–Crippen LogP) is 1.74. The summed E-state index contributed by atoms with van der Waals surface area (Å²) in [6, 6.07) is 4.08. The number of aromatic nitrogens is 1. The van der Waals surface area contributed by atoms with Crippen LogP contribution in [0.5, 0.6) is 0 Å². The Balaban J connectivity index is 2.63. The van der Waals surface area contributed by atoms with Gasteiger partial charge in [0.2, 0.25) is 0 Å². The van der Waals surface area contributed by atoms with Gasteiger partial charge in [0.1, 0.15) is 6.54 Å². The maximum atomic E-state index is 12.2. The summed E-state index contributed by atoms with van der Waals surface area (Å²) in [5.41, 5.74) is 5.83. The first kappa shape index (κ1) is 10.6. The number of oxazole rings is 1. The molecule has 0 amide bonds. The lowest BCUT2D eigenvalue weighted by Crippen LogP contribution is -2.24. The average Bonchev–Trinajstić information content (AvgIpc) is 2.42. The minimum Gasteiger partial charge on any atom is -0.408 e. The van der Waals surface area contributed by atoms with Crippen molar-refractivity contribution in [2.24, 2.45) is 0 Å². The Hall–Kier alpha value is -1.92. The van der Waals surface area contributed by atoms with Crippen LogP contribution in [0.3, 0.4) is 0 Å². The fraction of sp³-hybridized carbons (Fsp3) is 0.222. The van der Waals surface area contributed by atoms with Crippen LogP contribution >= 0.6 is 0 Å². The van der Waals surface area contributed by atoms with E-state index in [4.69, 9.17) is 5.73 Å². The molecular formula is C9H7F3N2O2. The fourth-order valence-electron chi connectivity index (χ4n) is 1.41. The van der Waals surface area contributed by atoms with Gasteiger partial charge in [0.05, 0.1) is 5.52 Å². The third-order valence-electron chi connectivity index (χ3n) is 2.03. The van der Waals surface area contributed by atoms with Gasteiger partial charge in [-0.2, -0.15) is 13.2 Å². The number of fused-ring (bicyclic) bond motifs is 1. The Morgan fingerprint density at radius 2 is 2.06 bits per heavy atom. The summed E-state index contributed by atoms with van der Waals surface area (Å²) in [5.74, 6) is -1.04. The number of nitrogen functional groups attached to an aromatic ring is 1. The number of rotatable bonds is 1. The van der Waals surface area contributed by atoms with Gasteiger partial charge in [-0.3, -0.25) is 4.57 Å². The number of halogens is 3. The van der Waals surface area contributed by atoms with Crippen molar-refractivity contribution in [3.8, 4) is 0 Å². The maximum Gasteiger partial charge on any atom is 0.420 e. The monoisotopic (exact) mass is 232 g/mol. The average molecular weight is 232 g/mol. The lowest BCUT2D eigenvalue weighted by Gasteiger charge is -2.06. The van der Waals surface area contributed by atoms with Crippen molar-refractivity contribution >= 4 is 16.8 Å². The number of alkyl halides is 3. The number of nitrogens with two attached hydrogens (primary N) is 1. The lowest BCUT2D eigenvalue weighted by atomic mass is 10.3. The summed E-state index contributed by atoms with van der Waals surface area (Å²) >= 11 is 0. The van der Waals surface area contributed by atoms with Gasteiger partial charge in [0, 0.05) is 5.69 Å². The van der Waals surface area contributed by atoms with Gasteiger partial charge < -0.3 is 10.2 Å². The van der Waals surface area contributed by atoms with Crippen molar-refractivity contribution in [3.05, 3.63) is 28.7 Å². The summed E-state index contributed by atoms with van der Waals surface area (Å²) in [6.45, 7) is -1.39. The second-order valence-corrected chi connectivity index (χ2v) is 3.30. The van der Waals surface area contributed by atoms with Gasteiger partial charge >= 0.3 is 11.9 Å². The smallest absolute Gasteiger partial charge is 0.408 e. The molecule has 0 fully saturated rings. The van der Waals surface area contributed by atoms with Crippen LogP contribution in [-0.4, -0.2) is 10.7 Å². The highest BCUT2D eigenvalue weighted by atomic mass is 19.4. The van der Waals surface area contributed by atoms with E-state index in [2.05, 4.69) is 4.42 Å². The highest BCUT2D eigenvalue weighted by Gasteiger charge is 2.30. The quantitative estimate of drug-likeness (QED) is 0.762. The van der Waals surface area contributed by atoms with E-state index in [1.54, 1.807) is 0 Å². The van der Waals surface area contributed by atoms with E-state index in [1.807, 2.05) is 0 Å². The van der Waals surface area contributed by atoms with Gasteiger partial charge in [0.15, 0.2) is 5.58 Å². The number of benzene rings is 1. The zero-order valence-corrected chi connectivity index (χ0v) is 7.91. The van der Waals surface area contributed by atoms with E-state index in [0.29, 0.717) is 4.57 Å². The minimum atomic E-state index is -4.48. The number of hydrogen-bond acceptors (Lipinski definition) is 3. The van der Waals surface area contributed by atoms with Crippen LogP contribution < -0.4 is 11.5 Å². The van der Waals surface area contributed by atoms with Crippen LogP contribution in [-0.2, 0) is 6.54 Å². The molecule has 86 valence electrons. The molecule has 16 heavy (non-hydrogen) atoms. The van der Waals surface area contributed by atoms with E-state index in [1.165, 1.54) is 18.2 Å². The molecule has 0 saturated heterocycles. The molecule has 2 rings (SSSR count). The van der Waals surface area contributed by atoms with Crippen LogP contribution in [0.25, 0.3) is 11.1 Å². The van der Waals surface area contributed by atoms with Crippen LogP contribution in [0.2, 0.25) is 0 Å². The summed E-state index contributed by atoms with van der Waals surface area (Å²) in [6.07, 6.45) is -4.48. The molecule has 0 aliphatic rings. The van der Waals surface area contributed by atoms with Gasteiger partial charge in [0.25, 0.3) is 0 Å². The Labute approximate surface area is 87.1 Å². The van der Waals surface area contributed by atoms with Crippen molar-refractivity contribution in [2.75, 3.05) is 5.73 Å². The van der Waals surface area contributed by atoms with Crippen molar-refractivity contribution in [1.29, 1.82) is 0 Å². The van der Waals surface area contributed by atoms with Crippen molar-refractivity contribution in [1.82, 2.24) is 4.57 Å². The third-order valence-corrected chi connectivity index (χ3v) is 2.03. The van der Waals surface area contributed by atoms with Gasteiger partial charge in [-0.15, -0.1) is 0 Å². The standard InChI is InChI=1S/C9H7F3N2O2/c10-9(11,12)4-14-6-3-5(13)1-2-7(6)16-8(14)15/h1-3H,4,13H2. The lowest BCUT2D eigenvalue weighted by molar-refractivity contribution is -0.140. The summed E-state index contributed by atoms with van der Waals surface area (Å²) < 4.78 is 41.7. The highest BCUT2D eigenvalue weighted by molar-refractivity contribution is 5.76. The molecule has 1 heterocycles.